The number of anilines is 1. The number of nitrogens with zero attached hydrogens (tertiary/aromatic N) is 4. The van der Waals surface area contributed by atoms with E-state index in [1.54, 1.807) is 29.8 Å². The summed E-state index contributed by atoms with van der Waals surface area (Å²) >= 11 is 1.55. The van der Waals surface area contributed by atoms with E-state index < -0.39 is 0 Å². The van der Waals surface area contributed by atoms with Crippen LogP contribution in [0.15, 0.2) is 46.6 Å². The first-order chi connectivity index (χ1) is 12.1. The molecule has 0 atom stereocenters. The fraction of sp³-hybridized carbons (Fsp3) is 0.167. The molecule has 0 radical (unpaired) electrons. The molecule has 0 aliphatic carbocycles. The maximum Gasteiger partial charge on any atom is 0.141 e. The molecule has 0 saturated carbocycles. The summed E-state index contributed by atoms with van der Waals surface area (Å²) in [5, 5.41) is 7.03. The van der Waals surface area contributed by atoms with E-state index in [0.717, 1.165) is 38.6 Å². The molecule has 0 unspecified atom stereocenters. The highest BCUT2D eigenvalue weighted by Gasteiger charge is 2.17. The van der Waals surface area contributed by atoms with E-state index in [2.05, 4.69) is 15.1 Å². The van der Waals surface area contributed by atoms with Crippen molar-refractivity contribution in [3.63, 3.8) is 0 Å². The maximum atomic E-state index is 13.2. The molecule has 3 heterocycles. The van der Waals surface area contributed by atoms with Crippen LogP contribution in [0.3, 0.4) is 0 Å². The number of hydrogen-bond acceptors (Lipinski definition) is 6. The summed E-state index contributed by atoms with van der Waals surface area (Å²) in [6, 6.07) is 8.38. The van der Waals surface area contributed by atoms with Gasteiger partial charge in [-0.1, -0.05) is 17.3 Å². The van der Waals surface area contributed by atoms with Crippen molar-refractivity contribution in [1.29, 1.82) is 0 Å². The molecule has 0 saturated heterocycles. The lowest BCUT2D eigenvalue weighted by molar-refractivity contribution is 0.390. The minimum atomic E-state index is -0.252. The predicted molar refractivity (Wildman–Crippen MR) is 96.2 cm³/mol. The second kappa shape index (κ2) is 6.25. The first-order valence-corrected chi connectivity index (χ1v) is 8.61. The minimum Gasteiger partial charge on any atom is -0.361 e. The Bertz CT molecular complexity index is 1030. The third-order valence-electron chi connectivity index (χ3n) is 3.94. The summed E-state index contributed by atoms with van der Waals surface area (Å²) in [4.78, 5) is 11.8. The molecule has 0 spiro atoms. The van der Waals surface area contributed by atoms with Gasteiger partial charge in [0, 0.05) is 24.1 Å². The molecule has 5 nitrogen and oxygen atoms in total. The Morgan fingerprint density at radius 3 is 2.72 bits per heavy atom. The quantitative estimate of drug-likeness (QED) is 0.543. The van der Waals surface area contributed by atoms with E-state index in [9.17, 15) is 4.39 Å². The number of aryl methyl sites for hydroxylation is 1. The van der Waals surface area contributed by atoms with Crippen molar-refractivity contribution >= 4 is 27.4 Å². The van der Waals surface area contributed by atoms with Gasteiger partial charge in [0.2, 0.25) is 0 Å². The molecule has 7 heteroatoms. The van der Waals surface area contributed by atoms with E-state index in [-0.39, 0.29) is 5.82 Å². The molecule has 4 rings (SSSR count). The van der Waals surface area contributed by atoms with Gasteiger partial charge in [0.25, 0.3) is 0 Å². The fourth-order valence-electron chi connectivity index (χ4n) is 2.80. The van der Waals surface area contributed by atoms with Crippen LogP contribution >= 0.6 is 11.3 Å². The Balaban J connectivity index is 1.78. The van der Waals surface area contributed by atoms with Crippen molar-refractivity contribution in [2.75, 3.05) is 11.9 Å². The van der Waals surface area contributed by atoms with Gasteiger partial charge < -0.3 is 9.42 Å². The number of rotatable bonds is 4. The Kier molecular flexibility index (Phi) is 3.93. The largest absolute Gasteiger partial charge is 0.361 e. The van der Waals surface area contributed by atoms with E-state index >= 15 is 0 Å². The van der Waals surface area contributed by atoms with Crippen LogP contribution in [0.25, 0.3) is 21.3 Å². The van der Waals surface area contributed by atoms with Gasteiger partial charge >= 0.3 is 0 Å². The summed E-state index contributed by atoms with van der Waals surface area (Å²) in [7, 11) is 1.96. The average Bonchev–Trinajstić information content (AvgIpc) is 3.21. The first-order valence-electron chi connectivity index (χ1n) is 7.73. The van der Waals surface area contributed by atoms with Crippen molar-refractivity contribution in [3.05, 3.63) is 59.3 Å². The molecular formula is C18H15FN4OS. The number of benzene rings is 1. The van der Waals surface area contributed by atoms with Gasteiger partial charge in [-0.05, 0) is 24.6 Å². The zero-order valence-corrected chi connectivity index (χ0v) is 14.5. The highest BCUT2D eigenvalue weighted by molar-refractivity contribution is 7.17. The molecule has 0 bridgehead atoms. The highest BCUT2D eigenvalue weighted by atomic mass is 32.1. The normalized spacial score (nSPS) is 11.2. The molecule has 0 aliphatic heterocycles. The number of aromatic nitrogens is 3. The van der Waals surface area contributed by atoms with E-state index in [1.165, 1.54) is 12.1 Å². The zero-order chi connectivity index (χ0) is 17.4. The van der Waals surface area contributed by atoms with Crippen molar-refractivity contribution < 1.29 is 8.91 Å². The molecule has 0 amide bonds. The van der Waals surface area contributed by atoms with Gasteiger partial charge in [-0.25, -0.2) is 14.4 Å². The average molecular weight is 354 g/mol. The molecule has 0 aliphatic rings. The van der Waals surface area contributed by atoms with Crippen LogP contribution in [0.5, 0.6) is 0 Å². The molecule has 3 aromatic heterocycles. The van der Waals surface area contributed by atoms with Gasteiger partial charge in [-0.3, -0.25) is 0 Å². The van der Waals surface area contributed by atoms with Crippen LogP contribution in [-0.4, -0.2) is 22.2 Å². The lowest BCUT2D eigenvalue weighted by Gasteiger charge is -2.18. The summed E-state index contributed by atoms with van der Waals surface area (Å²) in [6.07, 6.45) is 1.56. The van der Waals surface area contributed by atoms with Crippen LogP contribution in [0.4, 0.5) is 10.2 Å². The molecule has 0 fully saturated rings. The molecular weight excluding hydrogens is 339 g/mol. The standard InChI is InChI=1S/C18H15FN4OS/c1-11-7-14(22-24-11)8-23(2)17-16-15(9-25-18(16)21-10-20-17)12-3-5-13(19)6-4-12/h3-7,9-10H,8H2,1-2H3. The van der Waals surface area contributed by atoms with Crippen LogP contribution in [0.2, 0.25) is 0 Å². The highest BCUT2D eigenvalue weighted by Crippen LogP contribution is 2.37. The van der Waals surface area contributed by atoms with Crippen LogP contribution < -0.4 is 4.90 Å². The number of fused-ring (bicyclic) bond motifs is 1. The topological polar surface area (TPSA) is 55.1 Å². The van der Waals surface area contributed by atoms with E-state index in [4.69, 9.17) is 4.52 Å². The minimum absolute atomic E-state index is 0.252. The van der Waals surface area contributed by atoms with Crippen LogP contribution in [0, 0.1) is 12.7 Å². The first kappa shape index (κ1) is 15.7. The van der Waals surface area contributed by atoms with E-state index in [0.29, 0.717) is 6.54 Å². The number of thiophene rings is 1. The number of hydrogen-bond donors (Lipinski definition) is 0. The SMILES string of the molecule is Cc1cc(CN(C)c2ncnc3scc(-c4ccc(F)cc4)c23)no1. The second-order valence-electron chi connectivity index (χ2n) is 5.82. The molecule has 4 aromatic rings. The smallest absolute Gasteiger partial charge is 0.141 e. The summed E-state index contributed by atoms with van der Waals surface area (Å²) < 4.78 is 18.4. The Hall–Kier alpha value is -2.80. The second-order valence-corrected chi connectivity index (χ2v) is 6.68. The number of halogens is 1. The summed E-state index contributed by atoms with van der Waals surface area (Å²) in [5.74, 6) is 1.34. The zero-order valence-electron chi connectivity index (χ0n) is 13.7. The van der Waals surface area contributed by atoms with Crippen molar-refractivity contribution in [3.8, 4) is 11.1 Å². The van der Waals surface area contributed by atoms with Gasteiger partial charge in [0.15, 0.2) is 0 Å². The monoisotopic (exact) mass is 354 g/mol. The fourth-order valence-corrected chi connectivity index (χ4v) is 3.71. The summed E-state index contributed by atoms with van der Waals surface area (Å²) in [6.45, 7) is 2.44. The molecule has 1 aromatic carbocycles. The summed E-state index contributed by atoms with van der Waals surface area (Å²) in [5.41, 5.74) is 2.78. The Labute approximate surface area is 147 Å². The lowest BCUT2D eigenvalue weighted by atomic mass is 10.1. The van der Waals surface area contributed by atoms with Crippen molar-refractivity contribution in [2.24, 2.45) is 0 Å². The molecule has 126 valence electrons. The Morgan fingerprint density at radius 2 is 2.00 bits per heavy atom. The molecule has 0 N–H and O–H groups in total. The van der Waals surface area contributed by atoms with Crippen LogP contribution in [0.1, 0.15) is 11.5 Å². The predicted octanol–water partition coefficient (Wildman–Crippen LogP) is 4.43. The van der Waals surface area contributed by atoms with Gasteiger partial charge in [-0.15, -0.1) is 11.3 Å². The van der Waals surface area contributed by atoms with Crippen molar-refractivity contribution in [1.82, 2.24) is 15.1 Å². The lowest BCUT2D eigenvalue weighted by Crippen LogP contribution is -2.18. The van der Waals surface area contributed by atoms with Crippen molar-refractivity contribution in [2.45, 2.75) is 13.5 Å². The third kappa shape index (κ3) is 2.98. The van der Waals surface area contributed by atoms with Crippen LogP contribution in [-0.2, 0) is 6.54 Å². The third-order valence-corrected chi connectivity index (χ3v) is 4.83. The molecule has 25 heavy (non-hydrogen) atoms. The Morgan fingerprint density at radius 1 is 1.20 bits per heavy atom. The van der Waals surface area contributed by atoms with E-state index in [1.807, 2.05) is 30.3 Å². The van der Waals surface area contributed by atoms with Gasteiger partial charge in [-0.2, -0.15) is 0 Å². The maximum absolute atomic E-state index is 13.2. The van der Waals surface area contributed by atoms with Gasteiger partial charge in [0.05, 0.1) is 11.9 Å². The van der Waals surface area contributed by atoms with Gasteiger partial charge in [0.1, 0.15) is 34.2 Å².